The molecular weight excluding hydrogens is 202 g/mol. The van der Waals surface area contributed by atoms with Crippen LogP contribution in [0.1, 0.15) is 25.8 Å². The maximum absolute atomic E-state index is 11.8. The van der Waals surface area contributed by atoms with Crippen LogP contribution in [0.15, 0.2) is 30.3 Å². The molecule has 1 fully saturated rings. The smallest absolute Gasteiger partial charge is 0.226 e. The largest absolute Gasteiger partial charge is 0.382 e. The first kappa shape index (κ1) is 11.1. The first-order chi connectivity index (χ1) is 7.59. The highest BCUT2D eigenvalue weighted by Gasteiger charge is 2.48. The van der Waals surface area contributed by atoms with Gasteiger partial charge in [-0.05, 0) is 19.4 Å². The fraction of sp³-hybridized carbons (Fsp3) is 0.462. The molecule has 2 unspecified atom stereocenters. The van der Waals surface area contributed by atoms with Crippen molar-refractivity contribution in [2.45, 2.75) is 31.9 Å². The van der Waals surface area contributed by atoms with E-state index in [4.69, 9.17) is 0 Å². The van der Waals surface area contributed by atoms with E-state index in [-0.39, 0.29) is 18.4 Å². The molecule has 2 atom stereocenters. The van der Waals surface area contributed by atoms with E-state index in [0.29, 0.717) is 6.54 Å². The lowest BCUT2D eigenvalue weighted by Crippen LogP contribution is -2.40. The van der Waals surface area contributed by atoms with Gasteiger partial charge >= 0.3 is 0 Å². The highest BCUT2D eigenvalue weighted by Crippen LogP contribution is 2.37. The minimum atomic E-state index is -1.03. The number of aliphatic hydroxyl groups is 1. The van der Waals surface area contributed by atoms with Crippen LogP contribution >= 0.6 is 0 Å². The zero-order chi connectivity index (χ0) is 11.8. The van der Waals surface area contributed by atoms with Gasteiger partial charge in [-0.2, -0.15) is 0 Å². The second-order valence-electron chi connectivity index (χ2n) is 4.32. The zero-order valence-electron chi connectivity index (χ0n) is 9.68. The molecule has 1 saturated heterocycles. The van der Waals surface area contributed by atoms with E-state index in [2.05, 4.69) is 0 Å². The molecule has 3 heteroatoms. The summed E-state index contributed by atoms with van der Waals surface area (Å²) in [6, 6.07) is 9.28. The number of hydrogen-bond acceptors (Lipinski definition) is 2. The van der Waals surface area contributed by atoms with Gasteiger partial charge in [0.05, 0.1) is 12.5 Å². The average molecular weight is 219 g/mol. The Bertz CT molecular complexity index is 390. The van der Waals surface area contributed by atoms with Crippen LogP contribution < -0.4 is 0 Å². The molecule has 16 heavy (non-hydrogen) atoms. The second-order valence-corrected chi connectivity index (χ2v) is 4.32. The Kier molecular flexibility index (Phi) is 2.72. The predicted octanol–water partition coefficient (Wildman–Crippen LogP) is 1.51. The summed E-state index contributed by atoms with van der Waals surface area (Å²) in [4.78, 5) is 13.5. The number of hydrogen-bond donors (Lipinski definition) is 1. The molecule has 0 bridgehead atoms. The summed E-state index contributed by atoms with van der Waals surface area (Å²) in [6.45, 7) is 4.49. The van der Waals surface area contributed by atoms with Gasteiger partial charge in [0, 0.05) is 6.54 Å². The molecule has 1 aromatic rings. The molecule has 1 heterocycles. The van der Waals surface area contributed by atoms with Crippen molar-refractivity contribution in [2.24, 2.45) is 0 Å². The summed E-state index contributed by atoms with van der Waals surface area (Å²) in [5, 5.41) is 10.6. The number of carbonyl (C=O) groups excluding carboxylic acids is 1. The summed E-state index contributed by atoms with van der Waals surface area (Å²) in [5.74, 6) is 0.0290. The molecule has 3 nitrogen and oxygen atoms in total. The first-order valence-electron chi connectivity index (χ1n) is 5.67. The summed E-state index contributed by atoms with van der Waals surface area (Å²) in [6.07, 6.45) is 0.187. The van der Waals surface area contributed by atoms with Crippen molar-refractivity contribution < 1.29 is 9.90 Å². The van der Waals surface area contributed by atoms with Gasteiger partial charge in [0.2, 0.25) is 5.91 Å². The van der Waals surface area contributed by atoms with Gasteiger partial charge in [-0.25, -0.2) is 0 Å². The van der Waals surface area contributed by atoms with Crippen molar-refractivity contribution in [3.8, 4) is 0 Å². The van der Waals surface area contributed by atoms with Crippen LogP contribution in [0.25, 0.3) is 0 Å². The Hall–Kier alpha value is -1.35. The van der Waals surface area contributed by atoms with E-state index in [9.17, 15) is 9.90 Å². The van der Waals surface area contributed by atoms with Crippen LogP contribution in [0.4, 0.5) is 0 Å². The Morgan fingerprint density at radius 2 is 2.06 bits per heavy atom. The SMILES string of the molecule is CCN1C(=O)CC(O)(c2ccccc2)C1C. The quantitative estimate of drug-likeness (QED) is 0.819. The third-order valence-electron chi connectivity index (χ3n) is 3.51. The van der Waals surface area contributed by atoms with Crippen molar-refractivity contribution in [1.82, 2.24) is 4.90 Å². The molecule has 1 aliphatic rings. The van der Waals surface area contributed by atoms with Crippen molar-refractivity contribution in [3.05, 3.63) is 35.9 Å². The summed E-state index contributed by atoms with van der Waals surface area (Å²) >= 11 is 0. The Morgan fingerprint density at radius 1 is 1.44 bits per heavy atom. The summed E-state index contributed by atoms with van der Waals surface area (Å²) in [7, 11) is 0. The van der Waals surface area contributed by atoms with Crippen LogP contribution in [0, 0.1) is 0 Å². The average Bonchev–Trinajstić information content (AvgIpc) is 2.52. The summed E-state index contributed by atoms with van der Waals surface area (Å²) in [5.41, 5.74) is -0.208. The molecular formula is C13H17NO2. The monoisotopic (exact) mass is 219 g/mol. The fourth-order valence-electron chi connectivity index (χ4n) is 2.47. The molecule has 0 radical (unpaired) electrons. The first-order valence-corrected chi connectivity index (χ1v) is 5.67. The van der Waals surface area contributed by atoms with Crippen LogP contribution in [0.2, 0.25) is 0 Å². The Labute approximate surface area is 95.7 Å². The highest BCUT2D eigenvalue weighted by atomic mass is 16.3. The number of rotatable bonds is 2. The Balaban J connectivity index is 2.37. The molecule has 0 aliphatic carbocycles. The summed E-state index contributed by atoms with van der Waals surface area (Å²) < 4.78 is 0. The number of nitrogens with zero attached hydrogens (tertiary/aromatic N) is 1. The van der Waals surface area contributed by atoms with E-state index in [1.807, 2.05) is 44.2 Å². The maximum Gasteiger partial charge on any atom is 0.226 e. The van der Waals surface area contributed by atoms with Crippen LogP contribution in [-0.4, -0.2) is 28.5 Å². The topological polar surface area (TPSA) is 40.5 Å². The maximum atomic E-state index is 11.8. The van der Waals surface area contributed by atoms with Gasteiger partial charge in [-0.1, -0.05) is 30.3 Å². The number of amides is 1. The lowest BCUT2D eigenvalue weighted by atomic mass is 9.87. The van der Waals surface area contributed by atoms with Crippen molar-refractivity contribution in [2.75, 3.05) is 6.54 Å². The molecule has 0 saturated carbocycles. The standard InChI is InChI=1S/C13H17NO2/c1-3-14-10(2)13(16,9-12(14)15)11-7-5-4-6-8-11/h4-8,10,16H,3,9H2,1-2H3. The molecule has 1 aliphatic heterocycles. The van der Waals surface area contributed by atoms with Crippen molar-refractivity contribution in [1.29, 1.82) is 0 Å². The van der Waals surface area contributed by atoms with Gasteiger partial charge in [0.15, 0.2) is 0 Å². The van der Waals surface area contributed by atoms with Crippen LogP contribution in [0.3, 0.4) is 0 Å². The van der Waals surface area contributed by atoms with E-state index >= 15 is 0 Å². The number of carbonyl (C=O) groups is 1. The molecule has 0 aromatic heterocycles. The third-order valence-corrected chi connectivity index (χ3v) is 3.51. The third kappa shape index (κ3) is 1.52. The molecule has 1 amide bonds. The van der Waals surface area contributed by atoms with Crippen LogP contribution in [-0.2, 0) is 10.4 Å². The molecule has 86 valence electrons. The fourth-order valence-corrected chi connectivity index (χ4v) is 2.47. The van der Waals surface area contributed by atoms with Crippen molar-refractivity contribution >= 4 is 5.91 Å². The van der Waals surface area contributed by atoms with Gasteiger partial charge in [-0.3, -0.25) is 4.79 Å². The minimum Gasteiger partial charge on any atom is -0.382 e. The van der Waals surface area contributed by atoms with Crippen molar-refractivity contribution in [3.63, 3.8) is 0 Å². The predicted molar refractivity (Wildman–Crippen MR) is 61.8 cm³/mol. The zero-order valence-corrected chi connectivity index (χ0v) is 9.68. The van der Waals surface area contributed by atoms with Gasteiger partial charge in [-0.15, -0.1) is 0 Å². The highest BCUT2D eigenvalue weighted by molar-refractivity contribution is 5.81. The van der Waals surface area contributed by atoms with Gasteiger partial charge in [0.1, 0.15) is 5.60 Å². The van der Waals surface area contributed by atoms with Gasteiger partial charge < -0.3 is 10.0 Å². The Morgan fingerprint density at radius 3 is 2.56 bits per heavy atom. The minimum absolute atomic E-state index is 0.0290. The normalized spacial score (nSPS) is 29.8. The second kappa shape index (κ2) is 3.91. The molecule has 0 spiro atoms. The van der Waals surface area contributed by atoms with E-state index in [1.54, 1.807) is 4.90 Å². The van der Waals surface area contributed by atoms with Gasteiger partial charge in [0.25, 0.3) is 0 Å². The van der Waals surface area contributed by atoms with Crippen LogP contribution in [0.5, 0.6) is 0 Å². The molecule has 2 rings (SSSR count). The molecule has 1 aromatic carbocycles. The number of likely N-dealkylation sites (tertiary alicyclic amines) is 1. The lowest BCUT2D eigenvalue weighted by molar-refractivity contribution is -0.128. The number of likely N-dealkylation sites (N-methyl/N-ethyl adjacent to an activating group) is 1. The van der Waals surface area contributed by atoms with E-state index in [1.165, 1.54) is 0 Å². The van der Waals surface area contributed by atoms with E-state index in [0.717, 1.165) is 5.56 Å². The van der Waals surface area contributed by atoms with E-state index < -0.39 is 5.60 Å². The lowest BCUT2D eigenvalue weighted by Gasteiger charge is -2.30. The number of benzene rings is 1. The molecule has 1 N–H and O–H groups in total.